The lowest BCUT2D eigenvalue weighted by Gasteiger charge is -2.15. The maximum absolute atomic E-state index is 12.5. The topological polar surface area (TPSA) is 49.4 Å². The minimum Gasteiger partial charge on any atom is -0.365 e. The number of nitrogens with zero attached hydrogens (tertiary/aromatic N) is 1. The van der Waals surface area contributed by atoms with Crippen LogP contribution in [-0.4, -0.2) is 16.5 Å². The monoisotopic (exact) mass is 376 g/mol. The molecule has 1 aliphatic heterocycles. The Kier molecular flexibility index (Phi) is 4.22. The minimum atomic E-state index is -0.598. The fourth-order valence-electron chi connectivity index (χ4n) is 2.13. The SMILES string of the molecule is Cc1ccc(N[C@H]2SC(=O)N(c3ccc(Br)cc3)C2=O)cc1. The van der Waals surface area contributed by atoms with Crippen molar-refractivity contribution in [3.05, 3.63) is 58.6 Å². The Morgan fingerprint density at radius 1 is 1.05 bits per heavy atom. The molecule has 0 spiro atoms. The molecule has 0 aromatic heterocycles. The first kappa shape index (κ1) is 15.1. The first-order valence-corrected chi connectivity index (χ1v) is 8.35. The molecule has 2 amide bonds. The molecule has 6 heteroatoms. The van der Waals surface area contributed by atoms with Crippen LogP contribution in [0, 0.1) is 6.92 Å². The molecular weight excluding hydrogens is 364 g/mol. The van der Waals surface area contributed by atoms with Crippen molar-refractivity contribution in [1.29, 1.82) is 0 Å². The van der Waals surface area contributed by atoms with Crippen LogP contribution in [-0.2, 0) is 4.79 Å². The molecule has 1 N–H and O–H groups in total. The van der Waals surface area contributed by atoms with Gasteiger partial charge < -0.3 is 5.32 Å². The van der Waals surface area contributed by atoms with E-state index in [0.29, 0.717) is 5.69 Å². The quantitative estimate of drug-likeness (QED) is 0.862. The first-order valence-electron chi connectivity index (χ1n) is 6.68. The summed E-state index contributed by atoms with van der Waals surface area (Å²) in [5, 5.41) is 2.24. The summed E-state index contributed by atoms with van der Waals surface area (Å²) in [5.74, 6) is -0.252. The molecule has 22 heavy (non-hydrogen) atoms. The first-order chi connectivity index (χ1) is 10.5. The molecule has 2 aromatic carbocycles. The highest BCUT2D eigenvalue weighted by Gasteiger charge is 2.40. The smallest absolute Gasteiger partial charge is 0.295 e. The molecule has 0 unspecified atom stereocenters. The number of thioether (sulfide) groups is 1. The van der Waals surface area contributed by atoms with Crippen LogP contribution in [0.4, 0.5) is 16.2 Å². The Morgan fingerprint density at radius 3 is 2.32 bits per heavy atom. The number of nitrogens with one attached hydrogen (secondary N) is 1. The average Bonchev–Trinajstić information content (AvgIpc) is 2.77. The van der Waals surface area contributed by atoms with E-state index in [4.69, 9.17) is 0 Å². The van der Waals surface area contributed by atoms with Gasteiger partial charge in [0, 0.05) is 10.2 Å². The van der Waals surface area contributed by atoms with E-state index in [0.717, 1.165) is 27.5 Å². The molecule has 0 radical (unpaired) electrons. The Bertz CT molecular complexity index is 716. The van der Waals surface area contributed by atoms with Crippen molar-refractivity contribution in [3.63, 3.8) is 0 Å². The van der Waals surface area contributed by atoms with E-state index in [1.165, 1.54) is 4.90 Å². The summed E-state index contributed by atoms with van der Waals surface area (Å²) in [4.78, 5) is 25.8. The van der Waals surface area contributed by atoms with Gasteiger partial charge in [0.05, 0.1) is 5.69 Å². The van der Waals surface area contributed by atoms with Gasteiger partial charge in [-0.1, -0.05) is 33.6 Å². The zero-order valence-electron chi connectivity index (χ0n) is 11.7. The van der Waals surface area contributed by atoms with Gasteiger partial charge in [0.2, 0.25) is 0 Å². The third kappa shape index (κ3) is 3.03. The lowest BCUT2D eigenvalue weighted by molar-refractivity contribution is -0.116. The molecule has 1 heterocycles. The number of hydrogen-bond donors (Lipinski definition) is 1. The number of imide groups is 1. The van der Waals surface area contributed by atoms with Crippen LogP contribution in [0.1, 0.15) is 5.56 Å². The molecule has 0 saturated carbocycles. The van der Waals surface area contributed by atoms with Gasteiger partial charge in [0.1, 0.15) is 0 Å². The lowest BCUT2D eigenvalue weighted by atomic mass is 10.2. The molecule has 0 bridgehead atoms. The molecule has 1 atom stereocenters. The minimum absolute atomic E-state index is 0.252. The van der Waals surface area contributed by atoms with Crippen LogP contribution in [0.5, 0.6) is 0 Å². The Morgan fingerprint density at radius 2 is 1.68 bits per heavy atom. The Balaban J connectivity index is 1.79. The van der Waals surface area contributed by atoms with Crippen LogP contribution >= 0.6 is 27.7 Å². The second-order valence-electron chi connectivity index (χ2n) is 4.92. The molecular formula is C16H13BrN2O2S. The predicted molar refractivity (Wildman–Crippen MR) is 93.2 cm³/mol. The molecule has 2 aromatic rings. The molecule has 1 fully saturated rings. The zero-order chi connectivity index (χ0) is 15.7. The Hall–Kier alpha value is -1.79. The normalized spacial score (nSPS) is 17.9. The van der Waals surface area contributed by atoms with Crippen LogP contribution in [0.3, 0.4) is 0 Å². The summed E-state index contributed by atoms with van der Waals surface area (Å²) in [6.07, 6.45) is 0. The largest absolute Gasteiger partial charge is 0.365 e. The van der Waals surface area contributed by atoms with Crippen molar-refractivity contribution >= 4 is 50.2 Å². The van der Waals surface area contributed by atoms with Gasteiger partial charge in [-0.15, -0.1) is 0 Å². The molecule has 4 nitrogen and oxygen atoms in total. The number of rotatable bonds is 3. The summed E-state index contributed by atoms with van der Waals surface area (Å²) in [7, 11) is 0. The van der Waals surface area contributed by atoms with E-state index in [-0.39, 0.29) is 11.1 Å². The maximum atomic E-state index is 12.5. The number of carbonyl (C=O) groups is 2. The van der Waals surface area contributed by atoms with Crippen molar-refractivity contribution < 1.29 is 9.59 Å². The summed E-state index contributed by atoms with van der Waals surface area (Å²) in [5.41, 5.74) is 2.55. The molecule has 1 saturated heterocycles. The third-order valence-corrected chi connectivity index (χ3v) is 4.75. The van der Waals surface area contributed by atoms with Gasteiger partial charge in [0.25, 0.3) is 11.1 Å². The van der Waals surface area contributed by atoms with Crippen LogP contribution in [0.25, 0.3) is 0 Å². The average molecular weight is 377 g/mol. The van der Waals surface area contributed by atoms with Gasteiger partial charge in [0.15, 0.2) is 5.37 Å². The fourth-order valence-corrected chi connectivity index (χ4v) is 3.29. The highest BCUT2D eigenvalue weighted by atomic mass is 79.9. The van der Waals surface area contributed by atoms with E-state index < -0.39 is 5.37 Å². The number of benzene rings is 2. The molecule has 1 aliphatic rings. The van der Waals surface area contributed by atoms with Crippen molar-refractivity contribution in [2.75, 3.05) is 10.2 Å². The number of amides is 2. The lowest BCUT2D eigenvalue weighted by Crippen LogP contribution is -2.34. The predicted octanol–water partition coefficient (Wildman–Crippen LogP) is 4.40. The van der Waals surface area contributed by atoms with Crippen molar-refractivity contribution in [2.24, 2.45) is 0 Å². The van der Waals surface area contributed by atoms with E-state index in [1.54, 1.807) is 24.3 Å². The summed E-state index contributed by atoms with van der Waals surface area (Å²) >= 11 is 4.33. The third-order valence-electron chi connectivity index (χ3n) is 3.28. The Labute approximate surface area is 141 Å². The number of anilines is 2. The van der Waals surface area contributed by atoms with Gasteiger partial charge in [-0.05, 0) is 55.1 Å². The van der Waals surface area contributed by atoms with Crippen molar-refractivity contribution in [2.45, 2.75) is 12.3 Å². The molecule has 0 aliphatic carbocycles. The molecule has 3 rings (SSSR count). The highest BCUT2D eigenvalue weighted by molar-refractivity contribution is 9.10. The number of aryl methyl sites for hydroxylation is 1. The zero-order valence-corrected chi connectivity index (χ0v) is 14.1. The summed E-state index contributed by atoms with van der Waals surface area (Å²) in [6.45, 7) is 2.00. The number of halogens is 1. The molecule has 112 valence electrons. The van der Waals surface area contributed by atoms with Crippen molar-refractivity contribution in [3.8, 4) is 0 Å². The second kappa shape index (κ2) is 6.14. The highest BCUT2D eigenvalue weighted by Crippen LogP contribution is 2.32. The van der Waals surface area contributed by atoms with Crippen LogP contribution in [0.2, 0.25) is 0 Å². The maximum Gasteiger partial charge on any atom is 0.295 e. The van der Waals surface area contributed by atoms with Gasteiger partial charge >= 0.3 is 0 Å². The van der Waals surface area contributed by atoms with E-state index in [9.17, 15) is 9.59 Å². The van der Waals surface area contributed by atoms with Gasteiger partial charge in [-0.25, -0.2) is 4.90 Å². The van der Waals surface area contributed by atoms with Gasteiger partial charge in [-0.2, -0.15) is 0 Å². The fraction of sp³-hybridized carbons (Fsp3) is 0.125. The number of carbonyl (C=O) groups excluding carboxylic acids is 2. The van der Waals surface area contributed by atoms with Crippen LogP contribution < -0.4 is 10.2 Å². The van der Waals surface area contributed by atoms with Crippen molar-refractivity contribution in [1.82, 2.24) is 0 Å². The van der Waals surface area contributed by atoms with Gasteiger partial charge in [-0.3, -0.25) is 9.59 Å². The van der Waals surface area contributed by atoms with E-state index in [1.807, 2.05) is 31.2 Å². The van der Waals surface area contributed by atoms with Crippen LogP contribution in [0.15, 0.2) is 53.0 Å². The van der Waals surface area contributed by atoms with E-state index >= 15 is 0 Å². The number of hydrogen-bond acceptors (Lipinski definition) is 4. The summed E-state index contributed by atoms with van der Waals surface area (Å²) in [6, 6.07) is 14.8. The summed E-state index contributed by atoms with van der Waals surface area (Å²) < 4.78 is 0.900. The second-order valence-corrected chi connectivity index (χ2v) is 6.90. The van der Waals surface area contributed by atoms with E-state index in [2.05, 4.69) is 21.2 Å². The standard InChI is InChI=1S/C16H13BrN2O2S/c1-10-2-6-12(7-3-10)18-14-15(20)19(16(21)22-14)13-8-4-11(17)5-9-13/h2-9,14,18H,1H3/t14-/m0/s1.